The Labute approximate surface area is 223 Å². The zero-order valence-electron chi connectivity index (χ0n) is 23.6. The number of hydrogen-bond acceptors (Lipinski definition) is 6. The molecule has 3 saturated carbocycles. The molecule has 3 N–H and O–H groups in total. The van der Waals surface area contributed by atoms with Crippen LogP contribution in [0.4, 0.5) is 4.79 Å². The van der Waals surface area contributed by atoms with Gasteiger partial charge in [0, 0.05) is 0 Å². The van der Waals surface area contributed by atoms with Crippen molar-refractivity contribution in [3.05, 3.63) is 35.5 Å². The molecular weight excluding hydrogens is 468 g/mol. The van der Waals surface area contributed by atoms with Crippen LogP contribution in [0.3, 0.4) is 0 Å². The van der Waals surface area contributed by atoms with Crippen LogP contribution >= 0.6 is 0 Å². The predicted molar refractivity (Wildman–Crippen MR) is 146 cm³/mol. The molecule has 37 heavy (non-hydrogen) atoms. The first-order valence-electron chi connectivity index (χ1n) is 14.4. The summed E-state index contributed by atoms with van der Waals surface area (Å²) in [7, 11) is 0. The first-order chi connectivity index (χ1) is 17.5. The van der Waals surface area contributed by atoms with Crippen LogP contribution in [0.25, 0.3) is 0 Å². The third-order valence-electron chi connectivity index (χ3n) is 9.12. The lowest BCUT2D eigenvalue weighted by atomic mass is 9.61. The number of aliphatic hydroxyl groups is 3. The minimum Gasteiger partial charge on any atom is -0.434 e. The molecule has 0 amide bonds. The highest BCUT2D eigenvalue weighted by Gasteiger charge is 2.50. The van der Waals surface area contributed by atoms with Crippen LogP contribution in [0.15, 0.2) is 35.5 Å². The number of carbonyl (C=O) groups excluding carboxylic acids is 1. The third kappa shape index (κ3) is 7.70. The number of fused-ring (bicyclic) bond motifs is 1. The molecule has 7 atom stereocenters. The van der Waals surface area contributed by atoms with Crippen LogP contribution in [0.1, 0.15) is 98.8 Å². The first kappa shape index (κ1) is 29.9. The van der Waals surface area contributed by atoms with Crippen molar-refractivity contribution in [1.29, 1.82) is 0 Å². The van der Waals surface area contributed by atoms with Crippen molar-refractivity contribution in [3.63, 3.8) is 0 Å². The Hall–Kier alpha value is -1.63. The van der Waals surface area contributed by atoms with Gasteiger partial charge in [-0.25, -0.2) is 4.79 Å². The van der Waals surface area contributed by atoms with E-state index in [2.05, 4.69) is 32.1 Å². The fourth-order valence-electron chi connectivity index (χ4n) is 6.92. The van der Waals surface area contributed by atoms with E-state index in [9.17, 15) is 20.1 Å². The van der Waals surface area contributed by atoms with Gasteiger partial charge in [-0.2, -0.15) is 0 Å². The summed E-state index contributed by atoms with van der Waals surface area (Å²) in [5, 5.41) is 30.8. The second-order valence-corrected chi connectivity index (χ2v) is 12.5. The molecular formula is C31H50O6. The Bertz CT molecular complexity index is 846. The summed E-state index contributed by atoms with van der Waals surface area (Å²) in [4.78, 5) is 12.0. The topological polar surface area (TPSA) is 96.2 Å². The van der Waals surface area contributed by atoms with Gasteiger partial charge in [-0.1, -0.05) is 62.6 Å². The van der Waals surface area contributed by atoms with E-state index in [-0.39, 0.29) is 5.41 Å². The standard InChI is InChI=1S/C31H50O6/c1-6-7-17-36-29(35)37-30(3,4)28(34)15-10-21(2)26-13-14-27-23(9-8-16-31(26,27)5)12-11-22-18-24(32)20-25(33)19-22/h10-12,15,21,24-28,32-34H,6-9,13-14,16-20H2,1-5H3/b15-10+,23-12+/t21-,24-,25-,26-,27+,28-,31-/m1/s1. The van der Waals surface area contributed by atoms with E-state index in [1.165, 1.54) is 24.8 Å². The number of hydrogen-bond donors (Lipinski definition) is 3. The number of allylic oxidation sites excluding steroid dienone is 4. The average molecular weight is 519 g/mol. The van der Waals surface area contributed by atoms with E-state index in [1.807, 2.05) is 6.92 Å². The predicted octanol–water partition coefficient (Wildman–Crippen LogP) is 6.25. The Morgan fingerprint density at radius 2 is 1.86 bits per heavy atom. The van der Waals surface area contributed by atoms with Crippen LogP contribution in [-0.4, -0.2) is 52.0 Å². The molecule has 6 nitrogen and oxygen atoms in total. The van der Waals surface area contributed by atoms with Crippen LogP contribution in [-0.2, 0) is 9.47 Å². The lowest BCUT2D eigenvalue weighted by molar-refractivity contribution is -0.0670. The molecule has 0 aliphatic heterocycles. The van der Waals surface area contributed by atoms with Gasteiger partial charge in [0.1, 0.15) is 11.7 Å². The van der Waals surface area contributed by atoms with Crippen molar-refractivity contribution in [2.75, 3.05) is 6.61 Å². The number of aliphatic hydroxyl groups excluding tert-OH is 3. The second kappa shape index (κ2) is 12.9. The van der Waals surface area contributed by atoms with Gasteiger partial charge in [-0.05, 0) is 94.8 Å². The fraction of sp³-hybridized carbons (Fsp3) is 0.774. The maximum absolute atomic E-state index is 12.0. The van der Waals surface area contributed by atoms with Gasteiger partial charge in [0.2, 0.25) is 0 Å². The van der Waals surface area contributed by atoms with Gasteiger partial charge in [0.05, 0.1) is 18.8 Å². The van der Waals surface area contributed by atoms with Gasteiger partial charge in [-0.3, -0.25) is 0 Å². The van der Waals surface area contributed by atoms with Crippen LogP contribution in [0.2, 0.25) is 0 Å². The molecule has 0 spiro atoms. The van der Waals surface area contributed by atoms with Gasteiger partial charge in [-0.15, -0.1) is 0 Å². The molecule has 0 radical (unpaired) electrons. The molecule has 0 bridgehead atoms. The SMILES string of the molecule is CCCCOC(=O)OC(C)(C)[C@H](O)/C=C/[C@@H](C)[C@H]1CC[C@H]2/C(=C/C=C3C[C@@H](O)C[C@H](O)C3)CCC[C@]12C. The van der Waals surface area contributed by atoms with E-state index in [1.54, 1.807) is 19.9 Å². The molecule has 0 unspecified atom stereocenters. The van der Waals surface area contributed by atoms with E-state index >= 15 is 0 Å². The van der Waals surface area contributed by atoms with Crippen molar-refractivity contribution in [3.8, 4) is 0 Å². The minimum atomic E-state index is -1.07. The van der Waals surface area contributed by atoms with Crippen LogP contribution < -0.4 is 0 Å². The van der Waals surface area contributed by atoms with Gasteiger partial charge in [0.25, 0.3) is 0 Å². The van der Waals surface area contributed by atoms with E-state index in [4.69, 9.17) is 9.47 Å². The van der Waals surface area contributed by atoms with E-state index in [0.29, 0.717) is 43.6 Å². The average Bonchev–Trinajstić information content (AvgIpc) is 3.17. The highest BCUT2D eigenvalue weighted by Crippen LogP contribution is 2.59. The maximum atomic E-state index is 12.0. The highest BCUT2D eigenvalue weighted by molar-refractivity contribution is 5.60. The molecule has 3 rings (SSSR count). The number of rotatable bonds is 9. The largest absolute Gasteiger partial charge is 0.508 e. The van der Waals surface area contributed by atoms with Crippen molar-refractivity contribution in [2.45, 2.75) is 123 Å². The number of unbranched alkanes of at least 4 members (excludes halogenated alkanes) is 1. The Morgan fingerprint density at radius 1 is 1.16 bits per heavy atom. The zero-order chi connectivity index (χ0) is 27.2. The molecule has 3 fully saturated rings. The molecule has 0 saturated heterocycles. The molecule has 210 valence electrons. The number of carbonyl (C=O) groups is 1. The molecule has 0 aromatic carbocycles. The lowest BCUT2D eigenvalue weighted by Crippen LogP contribution is -2.40. The van der Waals surface area contributed by atoms with Crippen molar-refractivity contribution < 1.29 is 29.6 Å². The van der Waals surface area contributed by atoms with Crippen LogP contribution in [0.5, 0.6) is 0 Å². The monoisotopic (exact) mass is 518 g/mol. The van der Waals surface area contributed by atoms with Gasteiger partial charge < -0.3 is 24.8 Å². The maximum Gasteiger partial charge on any atom is 0.508 e. The molecule has 0 heterocycles. The smallest absolute Gasteiger partial charge is 0.434 e. The number of ether oxygens (including phenoxy) is 2. The summed E-state index contributed by atoms with van der Waals surface area (Å²) < 4.78 is 10.5. The van der Waals surface area contributed by atoms with Crippen molar-refractivity contribution in [1.82, 2.24) is 0 Å². The second-order valence-electron chi connectivity index (χ2n) is 12.5. The molecule has 6 heteroatoms. The van der Waals surface area contributed by atoms with Gasteiger partial charge >= 0.3 is 6.16 Å². The fourth-order valence-corrected chi connectivity index (χ4v) is 6.92. The van der Waals surface area contributed by atoms with Crippen LogP contribution in [0, 0.1) is 23.2 Å². The lowest BCUT2D eigenvalue weighted by Gasteiger charge is -2.44. The van der Waals surface area contributed by atoms with Gasteiger partial charge in [0.15, 0.2) is 0 Å². The Balaban J connectivity index is 1.63. The Kier molecular flexibility index (Phi) is 10.5. The summed E-state index contributed by atoms with van der Waals surface area (Å²) >= 11 is 0. The Morgan fingerprint density at radius 3 is 2.54 bits per heavy atom. The zero-order valence-corrected chi connectivity index (χ0v) is 23.6. The molecule has 3 aliphatic carbocycles. The molecule has 0 aromatic rings. The normalized spacial score (nSPS) is 33.3. The minimum absolute atomic E-state index is 0.206. The molecule has 3 aliphatic rings. The summed E-state index contributed by atoms with van der Waals surface area (Å²) in [6.45, 7) is 10.4. The third-order valence-corrected chi connectivity index (χ3v) is 9.12. The summed E-state index contributed by atoms with van der Waals surface area (Å²) in [5.41, 5.74) is 1.78. The highest BCUT2D eigenvalue weighted by atomic mass is 16.7. The quantitative estimate of drug-likeness (QED) is 0.190. The summed E-state index contributed by atoms with van der Waals surface area (Å²) in [6.07, 6.45) is 15.1. The first-order valence-corrected chi connectivity index (χ1v) is 14.4. The summed E-state index contributed by atoms with van der Waals surface area (Å²) in [5.74, 6) is 1.34. The van der Waals surface area contributed by atoms with E-state index < -0.39 is 30.1 Å². The van der Waals surface area contributed by atoms with Crippen molar-refractivity contribution in [2.24, 2.45) is 23.2 Å². The van der Waals surface area contributed by atoms with Crippen molar-refractivity contribution >= 4 is 6.16 Å². The summed E-state index contributed by atoms with van der Waals surface area (Å²) in [6, 6.07) is 0. The van der Waals surface area contributed by atoms with E-state index in [0.717, 1.165) is 31.3 Å². The molecule has 0 aromatic heterocycles.